The number of rotatable bonds is 2. The van der Waals surface area contributed by atoms with Crippen LogP contribution in [0.15, 0.2) is 36.4 Å². The molecule has 1 aliphatic heterocycles. The number of nitrogens with two attached hydrogens (primary N) is 1. The van der Waals surface area contributed by atoms with Crippen LogP contribution in [0.5, 0.6) is 11.5 Å². The molecule has 2 aromatic rings. The molecule has 2 N–H and O–H groups in total. The summed E-state index contributed by atoms with van der Waals surface area (Å²) in [6.07, 6.45) is 0.878. The van der Waals surface area contributed by atoms with E-state index in [1.54, 1.807) is 0 Å². The molecule has 0 saturated carbocycles. The first kappa shape index (κ1) is 11.9. The quantitative estimate of drug-likeness (QED) is 0.839. The van der Waals surface area contributed by atoms with Crippen LogP contribution in [0, 0.1) is 6.92 Å². The molecule has 1 aliphatic rings. The number of anilines is 1. The monoisotopic (exact) mass is 255 g/mol. The van der Waals surface area contributed by atoms with Crippen LogP contribution in [0.1, 0.15) is 16.7 Å². The number of aryl methyl sites for hydroxylation is 1. The smallest absolute Gasteiger partial charge is 0.161 e. The van der Waals surface area contributed by atoms with Gasteiger partial charge in [0.15, 0.2) is 11.5 Å². The maximum absolute atomic E-state index is 5.70. The lowest BCUT2D eigenvalue weighted by atomic mass is 9.99. The lowest BCUT2D eigenvalue weighted by molar-refractivity contribution is 0.171. The Bertz CT molecular complexity index is 590. The van der Waals surface area contributed by atoms with Gasteiger partial charge >= 0.3 is 0 Å². The first-order chi connectivity index (χ1) is 9.22. The molecule has 3 nitrogen and oxygen atoms in total. The molecule has 3 heteroatoms. The van der Waals surface area contributed by atoms with Crippen LogP contribution in [0.25, 0.3) is 0 Å². The van der Waals surface area contributed by atoms with Crippen molar-refractivity contribution in [2.24, 2.45) is 0 Å². The van der Waals surface area contributed by atoms with Crippen LogP contribution in [-0.4, -0.2) is 13.2 Å². The molecule has 3 rings (SSSR count). The third-order valence-electron chi connectivity index (χ3n) is 3.38. The normalized spacial score (nSPS) is 13.3. The summed E-state index contributed by atoms with van der Waals surface area (Å²) < 4.78 is 11.2. The zero-order valence-corrected chi connectivity index (χ0v) is 11.0. The molecular formula is C16H17NO2. The second-order valence-electron chi connectivity index (χ2n) is 4.84. The van der Waals surface area contributed by atoms with Gasteiger partial charge in [0.05, 0.1) is 0 Å². The predicted octanol–water partition coefficient (Wildman–Crippen LogP) is 2.94. The number of hydrogen-bond acceptors (Lipinski definition) is 3. The minimum atomic E-state index is 0.622. The van der Waals surface area contributed by atoms with E-state index in [-0.39, 0.29) is 0 Å². The van der Waals surface area contributed by atoms with Crippen molar-refractivity contribution in [1.29, 1.82) is 0 Å². The molecule has 0 radical (unpaired) electrons. The van der Waals surface area contributed by atoms with Crippen LogP contribution in [0.3, 0.4) is 0 Å². The molecular weight excluding hydrogens is 238 g/mol. The van der Waals surface area contributed by atoms with E-state index in [1.165, 1.54) is 16.7 Å². The lowest BCUT2D eigenvalue weighted by Gasteiger charge is -2.20. The van der Waals surface area contributed by atoms with Crippen molar-refractivity contribution in [2.75, 3.05) is 18.9 Å². The van der Waals surface area contributed by atoms with Gasteiger partial charge in [-0.3, -0.25) is 0 Å². The minimum absolute atomic E-state index is 0.622. The fourth-order valence-corrected chi connectivity index (χ4v) is 2.28. The molecule has 0 aromatic heterocycles. The fourth-order valence-electron chi connectivity index (χ4n) is 2.28. The highest BCUT2D eigenvalue weighted by Gasteiger charge is 2.14. The predicted molar refractivity (Wildman–Crippen MR) is 75.8 cm³/mol. The number of fused-ring (bicyclic) bond motifs is 1. The topological polar surface area (TPSA) is 44.5 Å². The van der Waals surface area contributed by atoms with Crippen molar-refractivity contribution in [1.82, 2.24) is 0 Å². The molecule has 0 amide bonds. The summed E-state index contributed by atoms with van der Waals surface area (Å²) in [7, 11) is 0. The summed E-state index contributed by atoms with van der Waals surface area (Å²) in [5, 5.41) is 0. The maximum atomic E-state index is 5.70. The molecule has 0 unspecified atom stereocenters. The van der Waals surface area contributed by atoms with Crippen LogP contribution in [-0.2, 0) is 6.42 Å². The summed E-state index contributed by atoms with van der Waals surface area (Å²) >= 11 is 0. The molecule has 19 heavy (non-hydrogen) atoms. The summed E-state index contributed by atoms with van der Waals surface area (Å²) in [6.45, 7) is 3.35. The average Bonchev–Trinajstić information content (AvgIpc) is 2.42. The molecule has 2 aromatic carbocycles. The molecule has 98 valence electrons. The SMILES string of the molecule is Cc1cc2c(cc1Cc1ccc(N)cc1)OCCO2. The number of nitrogen functional groups attached to an aromatic ring is 1. The van der Waals surface area contributed by atoms with E-state index in [9.17, 15) is 0 Å². The van der Waals surface area contributed by atoms with Gasteiger partial charge in [-0.15, -0.1) is 0 Å². The Labute approximate surface area is 113 Å². The highest BCUT2D eigenvalue weighted by molar-refractivity contribution is 5.49. The molecule has 0 spiro atoms. The Morgan fingerprint density at radius 2 is 1.63 bits per heavy atom. The van der Waals surface area contributed by atoms with Gasteiger partial charge in [-0.05, 0) is 54.3 Å². The van der Waals surface area contributed by atoms with Crippen molar-refractivity contribution in [2.45, 2.75) is 13.3 Å². The third kappa shape index (κ3) is 2.50. The zero-order valence-electron chi connectivity index (χ0n) is 11.0. The molecule has 0 saturated heterocycles. The standard InChI is InChI=1S/C16H17NO2/c1-11-8-15-16(19-7-6-18-15)10-13(11)9-12-2-4-14(17)5-3-12/h2-5,8,10H,6-7,9,17H2,1H3. The molecule has 0 fully saturated rings. The van der Waals surface area contributed by atoms with E-state index in [2.05, 4.69) is 31.2 Å². The molecule has 0 atom stereocenters. The van der Waals surface area contributed by atoms with E-state index < -0.39 is 0 Å². The average molecular weight is 255 g/mol. The number of ether oxygens (including phenoxy) is 2. The largest absolute Gasteiger partial charge is 0.486 e. The lowest BCUT2D eigenvalue weighted by Crippen LogP contribution is -2.15. The van der Waals surface area contributed by atoms with E-state index >= 15 is 0 Å². The van der Waals surface area contributed by atoms with Gasteiger partial charge in [0.25, 0.3) is 0 Å². The van der Waals surface area contributed by atoms with Gasteiger partial charge < -0.3 is 15.2 Å². The van der Waals surface area contributed by atoms with Crippen molar-refractivity contribution in [3.8, 4) is 11.5 Å². The Hall–Kier alpha value is -2.16. The van der Waals surface area contributed by atoms with E-state index in [0.29, 0.717) is 13.2 Å². The number of benzene rings is 2. The van der Waals surface area contributed by atoms with Crippen molar-refractivity contribution in [3.05, 3.63) is 53.1 Å². The maximum Gasteiger partial charge on any atom is 0.161 e. The highest BCUT2D eigenvalue weighted by atomic mass is 16.6. The Morgan fingerprint density at radius 3 is 2.32 bits per heavy atom. The van der Waals surface area contributed by atoms with Crippen molar-refractivity contribution < 1.29 is 9.47 Å². The van der Waals surface area contributed by atoms with E-state index in [4.69, 9.17) is 15.2 Å². The van der Waals surface area contributed by atoms with Gasteiger partial charge in [0.1, 0.15) is 13.2 Å². The fraction of sp³-hybridized carbons (Fsp3) is 0.250. The zero-order chi connectivity index (χ0) is 13.2. The summed E-state index contributed by atoms with van der Waals surface area (Å²) in [4.78, 5) is 0. The molecule has 1 heterocycles. The molecule has 0 aliphatic carbocycles. The van der Waals surface area contributed by atoms with E-state index in [0.717, 1.165) is 23.6 Å². The molecule has 0 bridgehead atoms. The van der Waals surface area contributed by atoms with Crippen LogP contribution in [0.2, 0.25) is 0 Å². The van der Waals surface area contributed by atoms with E-state index in [1.807, 2.05) is 12.1 Å². The van der Waals surface area contributed by atoms with Crippen molar-refractivity contribution in [3.63, 3.8) is 0 Å². The van der Waals surface area contributed by atoms with Gasteiger partial charge in [0, 0.05) is 5.69 Å². The van der Waals surface area contributed by atoms with Crippen LogP contribution < -0.4 is 15.2 Å². The van der Waals surface area contributed by atoms with Gasteiger partial charge in [-0.25, -0.2) is 0 Å². The van der Waals surface area contributed by atoms with Gasteiger partial charge in [-0.1, -0.05) is 12.1 Å². The number of hydrogen-bond donors (Lipinski definition) is 1. The van der Waals surface area contributed by atoms with Crippen LogP contribution in [0.4, 0.5) is 5.69 Å². The van der Waals surface area contributed by atoms with Gasteiger partial charge in [-0.2, -0.15) is 0 Å². The summed E-state index contributed by atoms with van der Waals surface area (Å²) in [6, 6.07) is 12.1. The second-order valence-corrected chi connectivity index (χ2v) is 4.84. The summed E-state index contributed by atoms with van der Waals surface area (Å²) in [5.74, 6) is 1.70. The Kier molecular flexibility index (Phi) is 3.03. The summed E-state index contributed by atoms with van der Waals surface area (Å²) in [5.41, 5.74) is 10.2. The highest BCUT2D eigenvalue weighted by Crippen LogP contribution is 2.33. The van der Waals surface area contributed by atoms with Gasteiger partial charge in [0.2, 0.25) is 0 Å². The first-order valence-corrected chi connectivity index (χ1v) is 6.46. The second kappa shape index (κ2) is 4.84. The third-order valence-corrected chi connectivity index (χ3v) is 3.38. The minimum Gasteiger partial charge on any atom is -0.486 e. The Morgan fingerprint density at radius 1 is 1.00 bits per heavy atom. The Balaban J connectivity index is 1.90. The van der Waals surface area contributed by atoms with Crippen LogP contribution >= 0.6 is 0 Å². The van der Waals surface area contributed by atoms with Crippen molar-refractivity contribution >= 4 is 5.69 Å². The first-order valence-electron chi connectivity index (χ1n) is 6.46.